The Morgan fingerprint density at radius 1 is 1.24 bits per heavy atom. The first-order valence-corrected chi connectivity index (χ1v) is 6.28. The van der Waals surface area contributed by atoms with Crippen molar-refractivity contribution < 1.29 is 9.59 Å². The van der Waals surface area contributed by atoms with Crippen molar-refractivity contribution in [2.45, 2.75) is 44.4 Å². The van der Waals surface area contributed by atoms with Crippen LogP contribution in [0.5, 0.6) is 0 Å². The molecule has 2 nitrogen and oxygen atoms in total. The minimum atomic E-state index is -0.416. The monoisotopic (exact) mass is 230 g/mol. The second-order valence-electron chi connectivity index (χ2n) is 4.82. The summed E-state index contributed by atoms with van der Waals surface area (Å²) in [6.45, 7) is 2.10. The predicted octanol–water partition coefficient (Wildman–Crippen LogP) is 2.83. The summed E-state index contributed by atoms with van der Waals surface area (Å²) in [5, 5.41) is 0. The molecule has 0 amide bonds. The quantitative estimate of drug-likeness (QED) is 0.748. The SMILES string of the molecule is CCc1ccccc1C1(C=O)CCC(=O)CC1. The van der Waals surface area contributed by atoms with Gasteiger partial charge in [-0.25, -0.2) is 0 Å². The van der Waals surface area contributed by atoms with Crippen LogP contribution in [0, 0.1) is 0 Å². The molecule has 90 valence electrons. The van der Waals surface area contributed by atoms with Crippen LogP contribution >= 0.6 is 0 Å². The first kappa shape index (κ1) is 12.0. The van der Waals surface area contributed by atoms with Crippen LogP contribution in [0.1, 0.15) is 43.7 Å². The number of hydrogen-bond donors (Lipinski definition) is 0. The number of carbonyl (C=O) groups is 2. The summed E-state index contributed by atoms with van der Waals surface area (Å²) in [7, 11) is 0. The van der Waals surface area contributed by atoms with E-state index in [4.69, 9.17) is 0 Å². The lowest BCUT2D eigenvalue weighted by Gasteiger charge is -2.33. The summed E-state index contributed by atoms with van der Waals surface area (Å²) < 4.78 is 0. The second kappa shape index (κ2) is 4.82. The van der Waals surface area contributed by atoms with Crippen LogP contribution in [0.4, 0.5) is 0 Å². The largest absolute Gasteiger partial charge is 0.302 e. The molecule has 0 aromatic heterocycles. The molecule has 1 saturated carbocycles. The predicted molar refractivity (Wildman–Crippen MR) is 67.0 cm³/mol. The Kier molecular flexibility index (Phi) is 3.41. The lowest BCUT2D eigenvalue weighted by atomic mass is 9.68. The molecular formula is C15H18O2. The molecule has 0 radical (unpaired) electrons. The van der Waals surface area contributed by atoms with Gasteiger partial charge in [-0.1, -0.05) is 31.2 Å². The molecule has 2 heteroatoms. The molecule has 0 aliphatic heterocycles. The third-order valence-corrected chi connectivity index (χ3v) is 3.86. The molecule has 2 rings (SSSR count). The lowest BCUT2D eigenvalue weighted by Crippen LogP contribution is -2.34. The average molecular weight is 230 g/mol. The second-order valence-corrected chi connectivity index (χ2v) is 4.82. The minimum Gasteiger partial charge on any atom is -0.302 e. The van der Waals surface area contributed by atoms with Gasteiger partial charge in [0.2, 0.25) is 0 Å². The molecule has 0 bridgehead atoms. The molecule has 0 spiro atoms. The van der Waals surface area contributed by atoms with Gasteiger partial charge in [0, 0.05) is 12.8 Å². The Labute approximate surface area is 102 Å². The molecular weight excluding hydrogens is 212 g/mol. The lowest BCUT2D eigenvalue weighted by molar-refractivity contribution is -0.123. The summed E-state index contributed by atoms with van der Waals surface area (Å²) in [5.41, 5.74) is 1.94. The fourth-order valence-electron chi connectivity index (χ4n) is 2.74. The van der Waals surface area contributed by atoms with E-state index in [1.165, 1.54) is 5.56 Å². The van der Waals surface area contributed by atoms with Gasteiger partial charge in [0.15, 0.2) is 0 Å². The molecule has 0 heterocycles. The van der Waals surface area contributed by atoms with Crippen molar-refractivity contribution in [3.63, 3.8) is 0 Å². The van der Waals surface area contributed by atoms with Crippen molar-refractivity contribution in [1.82, 2.24) is 0 Å². The maximum absolute atomic E-state index is 11.5. The summed E-state index contributed by atoms with van der Waals surface area (Å²) in [5.74, 6) is 0.288. The number of aldehydes is 1. The maximum atomic E-state index is 11.5. The van der Waals surface area contributed by atoms with Gasteiger partial charge in [0.05, 0.1) is 5.41 Å². The van der Waals surface area contributed by atoms with Crippen LogP contribution in [0.3, 0.4) is 0 Å². The molecule has 0 N–H and O–H groups in total. The van der Waals surface area contributed by atoms with Crippen LogP contribution in [0.25, 0.3) is 0 Å². The topological polar surface area (TPSA) is 34.1 Å². The number of rotatable bonds is 3. The van der Waals surface area contributed by atoms with Gasteiger partial charge in [-0.05, 0) is 30.4 Å². The zero-order valence-corrected chi connectivity index (χ0v) is 10.2. The molecule has 1 fully saturated rings. The number of aryl methyl sites for hydroxylation is 1. The highest BCUT2D eigenvalue weighted by molar-refractivity contribution is 5.83. The van der Waals surface area contributed by atoms with Gasteiger partial charge in [0.25, 0.3) is 0 Å². The summed E-state index contributed by atoms with van der Waals surface area (Å²) in [6.07, 6.45) is 4.42. The van der Waals surface area contributed by atoms with E-state index in [9.17, 15) is 9.59 Å². The highest BCUT2D eigenvalue weighted by atomic mass is 16.1. The van der Waals surface area contributed by atoms with E-state index in [0.29, 0.717) is 25.7 Å². The first-order valence-electron chi connectivity index (χ1n) is 6.28. The Morgan fingerprint density at radius 2 is 1.88 bits per heavy atom. The van der Waals surface area contributed by atoms with Crippen molar-refractivity contribution >= 4 is 12.1 Å². The number of ketones is 1. The third-order valence-electron chi connectivity index (χ3n) is 3.86. The molecule has 0 unspecified atom stereocenters. The van der Waals surface area contributed by atoms with Crippen LogP contribution in [-0.4, -0.2) is 12.1 Å². The van der Waals surface area contributed by atoms with Gasteiger partial charge in [-0.15, -0.1) is 0 Å². The molecule has 0 atom stereocenters. The molecule has 1 aromatic rings. The summed E-state index contributed by atoms with van der Waals surface area (Å²) in [4.78, 5) is 22.9. The molecule has 1 aromatic carbocycles. The fraction of sp³-hybridized carbons (Fsp3) is 0.467. The van der Waals surface area contributed by atoms with Crippen LogP contribution in [-0.2, 0) is 21.4 Å². The van der Waals surface area contributed by atoms with Gasteiger partial charge in [-0.2, -0.15) is 0 Å². The van der Waals surface area contributed by atoms with Crippen molar-refractivity contribution in [3.05, 3.63) is 35.4 Å². The molecule has 1 aliphatic carbocycles. The molecule has 17 heavy (non-hydrogen) atoms. The van der Waals surface area contributed by atoms with Gasteiger partial charge >= 0.3 is 0 Å². The maximum Gasteiger partial charge on any atom is 0.133 e. The van der Waals surface area contributed by atoms with Crippen LogP contribution in [0.15, 0.2) is 24.3 Å². The molecule has 0 saturated heterocycles. The normalized spacial score (nSPS) is 19.0. The summed E-state index contributed by atoms with van der Waals surface area (Å²) in [6, 6.07) is 8.12. The molecule has 1 aliphatic rings. The van der Waals surface area contributed by atoms with Crippen LogP contribution in [0.2, 0.25) is 0 Å². The zero-order chi connectivity index (χ0) is 12.3. The minimum absolute atomic E-state index is 0.288. The van der Waals surface area contributed by atoms with E-state index < -0.39 is 5.41 Å². The van der Waals surface area contributed by atoms with Crippen molar-refractivity contribution in [2.75, 3.05) is 0 Å². The van der Waals surface area contributed by atoms with E-state index in [-0.39, 0.29) is 5.78 Å². The Hall–Kier alpha value is -1.44. The van der Waals surface area contributed by atoms with E-state index in [1.54, 1.807) is 0 Å². The number of Topliss-reactive ketones (excluding diaryl/α,β-unsaturated/α-hetero) is 1. The van der Waals surface area contributed by atoms with Crippen molar-refractivity contribution in [1.29, 1.82) is 0 Å². The van der Waals surface area contributed by atoms with E-state index in [0.717, 1.165) is 18.3 Å². The number of hydrogen-bond acceptors (Lipinski definition) is 2. The van der Waals surface area contributed by atoms with Crippen molar-refractivity contribution in [3.8, 4) is 0 Å². The van der Waals surface area contributed by atoms with E-state index >= 15 is 0 Å². The van der Waals surface area contributed by atoms with Gasteiger partial charge in [0.1, 0.15) is 12.1 Å². The Balaban J connectivity index is 2.41. The third kappa shape index (κ3) is 2.17. The van der Waals surface area contributed by atoms with Crippen molar-refractivity contribution in [2.24, 2.45) is 0 Å². The Bertz CT molecular complexity index is 424. The zero-order valence-electron chi connectivity index (χ0n) is 10.2. The van der Waals surface area contributed by atoms with Crippen LogP contribution < -0.4 is 0 Å². The summed E-state index contributed by atoms with van der Waals surface area (Å²) >= 11 is 0. The first-order chi connectivity index (χ1) is 8.22. The average Bonchev–Trinajstić information content (AvgIpc) is 2.40. The van der Waals surface area contributed by atoms with E-state index in [1.807, 2.05) is 18.2 Å². The number of carbonyl (C=O) groups excluding carboxylic acids is 2. The number of benzene rings is 1. The van der Waals surface area contributed by atoms with Gasteiger partial charge in [-0.3, -0.25) is 4.79 Å². The highest BCUT2D eigenvalue weighted by Gasteiger charge is 2.37. The van der Waals surface area contributed by atoms with E-state index in [2.05, 4.69) is 13.0 Å². The Morgan fingerprint density at radius 3 is 2.47 bits per heavy atom. The van der Waals surface area contributed by atoms with Gasteiger partial charge < -0.3 is 4.79 Å². The highest BCUT2D eigenvalue weighted by Crippen LogP contribution is 2.38. The fourth-order valence-corrected chi connectivity index (χ4v) is 2.74. The smallest absolute Gasteiger partial charge is 0.133 e. The standard InChI is InChI=1S/C15H18O2/c1-2-12-5-3-4-6-14(12)15(11-16)9-7-13(17)8-10-15/h3-6,11H,2,7-10H2,1H3.